The summed E-state index contributed by atoms with van der Waals surface area (Å²) in [7, 11) is 0. The smallest absolute Gasteiger partial charge is 0.489 e. The van der Waals surface area contributed by atoms with Crippen LogP contribution >= 0.6 is 0 Å². The Morgan fingerprint density at radius 2 is 1.57 bits per heavy atom. The van der Waals surface area contributed by atoms with Gasteiger partial charge in [-0.15, -0.1) is 13.2 Å². The van der Waals surface area contributed by atoms with Gasteiger partial charge in [-0.05, 0) is 49.7 Å². The van der Waals surface area contributed by atoms with Crippen molar-refractivity contribution in [3.63, 3.8) is 0 Å². The van der Waals surface area contributed by atoms with E-state index in [2.05, 4.69) is 4.74 Å². The van der Waals surface area contributed by atoms with Crippen molar-refractivity contribution in [2.45, 2.75) is 57.7 Å². The van der Waals surface area contributed by atoms with Gasteiger partial charge in [0.05, 0.1) is 6.61 Å². The molecule has 0 bridgehead atoms. The second-order valence-electron chi connectivity index (χ2n) is 7.50. The highest BCUT2D eigenvalue weighted by Crippen LogP contribution is 2.40. The highest BCUT2D eigenvalue weighted by Gasteiger charge is 2.35. The first-order chi connectivity index (χ1) is 13.4. The predicted molar refractivity (Wildman–Crippen MR) is 97.1 cm³/mol. The second-order valence-corrected chi connectivity index (χ2v) is 7.50. The Morgan fingerprint density at radius 1 is 0.929 bits per heavy atom. The summed E-state index contributed by atoms with van der Waals surface area (Å²) in [5, 5.41) is 0. The lowest BCUT2D eigenvalue weighted by atomic mass is 10.1. The Bertz CT molecular complexity index is 660. The molecule has 2 aliphatic carbocycles. The standard InChI is InChI=1S/C21H26F4O3/c22-19-17(26-13-5-10-15-6-1-2-7-15)11-12-18(20(19)28-21(23,24)25)27-14-16-8-3-4-9-16/h5,10-12,15-16H,1-4,6-9,13-14H2/b10-5+. The number of halogens is 4. The summed E-state index contributed by atoms with van der Waals surface area (Å²) < 4.78 is 67.6. The lowest BCUT2D eigenvalue weighted by Gasteiger charge is -2.18. The maximum atomic E-state index is 14.6. The molecule has 0 aromatic heterocycles. The fourth-order valence-corrected chi connectivity index (χ4v) is 3.88. The van der Waals surface area contributed by atoms with E-state index >= 15 is 0 Å². The van der Waals surface area contributed by atoms with Crippen molar-refractivity contribution in [2.75, 3.05) is 13.2 Å². The Kier molecular flexibility index (Phi) is 7.08. The highest BCUT2D eigenvalue weighted by molar-refractivity contribution is 5.47. The summed E-state index contributed by atoms with van der Waals surface area (Å²) in [6.45, 7) is 0.332. The van der Waals surface area contributed by atoms with Crippen molar-refractivity contribution in [3.05, 3.63) is 30.1 Å². The van der Waals surface area contributed by atoms with Crippen LogP contribution in [0.3, 0.4) is 0 Å². The van der Waals surface area contributed by atoms with Crippen LogP contribution in [-0.4, -0.2) is 19.6 Å². The molecule has 28 heavy (non-hydrogen) atoms. The molecular formula is C21H26F4O3. The van der Waals surface area contributed by atoms with Crippen LogP contribution in [0.25, 0.3) is 0 Å². The molecule has 0 N–H and O–H groups in total. The molecule has 2 fully saturated rings. The van der Waals surface area contributed by atoms with Crippen LogP contribution in [0.15, 0.2) is 24.3 Å². The third kappa shape index (κ3) is 6.04. The fraction of sp³-hybridized carbons (Fsp3) is 0.619. The van der Waals surface area contributed by atoms with Gasteiger partial charge >= 0.3 is 6.36 Å². The van der Waals surface area contributed by atoms with E-state index in [1.165, 1.54) is 25.0 Å². The first-order valence-electron chi connectivity index (χ1n) is 9.93. The number of hydrogen-bond acceptors (Lipinski definition) is 3. The van der Waals surface area contributed by atoms with Crippen LogP contribution in [0, 0.1) is 17.7 Å². The summed E-state index contributed by atoms with van der Waals surface area (Å²) in [5.74, 6) is -1.93. The molecule has 0 spiro atoms. The fourth-order valence-electron chi connectivity index (χ4n) is 3.88. The molecule has 0 heterocycles. The van der Waals surface area contributed by atoms with Crippen molar-refractivity contribution in [1.29, 1.82) is 0 Å². The molecule has 156 valence electrons. The van der Waals surface area contributed by atoms with Gasteiger partial charge in [-0.1, -0.05) is 37.8 Å². The second kappa shape index (κ2) is 9.52. The molecule has 1 aromatic carbocycles. The Hall–Kier alpha value is -1.92. The van der Waals surface area contributed by atoms with Crippen LogP contribution in [-0.2, 0) is 0 Å². The molecule has 3 rings (SSSR count). The average Bonchev–Trinajstić information content (AvgIpc) is 3.33. The van der Waals surface area contributed by atoms with Crippen LogP contribution in [0.2, 0.25) is 0 Å². The molecule has 0 unspecified atom stereocenters. The van der Waals surface area contributed by atoms with Crippen LogP contribution in [0.1, 0.15) is 51.4 Å². The van der Waals surface area contributed by atoms with Crippen LogP contribution in [0.4, 0.5) is 17.6 Å². The number of benzene rings is 1. The van der Waals surface area contributed by atoms with E-state index < -0.39 is 17.9 Å². The minimum atomic E-state index is -5.02. The van der Waals surface area contributed by atoms with Gasteiger partial charge in [-0.3, -0.25) is 0 Å². The largest absolute Gasteiger partial charge is 0.573 e. The third-order valence-electron chi connectivity index (χ3n) is 5.34. The van der Waals surface area contributed by atoms with Gasteiger partial charge in [-0.25, -0.2) is 0 Å². The monoisotopic (exact) mass is 402 g/mol. The molecule has 3 nitrogen and oxygen atoms in total. The average molecular weight is 402 g/mol. The number of allylic oxidation sites excluding steroid dienone is 1. The van der Waals surface area contributed by atoms with E-state index in [1.54, 1.807) is 6.08 Å². The molecule has 0 aliphatic heterocycles. The molecule has 1 aromatic rings. The predicted octanol–water partition coefficient (Wildman–Crippen LogP) is 6.42. The van der Waals surface area contributed by atoms with Crippen molar-refractivity contribution in [1.82, 2.24) is 0 Å². The van der Waals surface area contributed by atoms with Crippen molar-refractivity contribution >= 4 is 0 Å². The number of alkyl halides is 3. The van der Waals surface area contributed by atoms with E-state index in [9.17, 15) is 17.6 Å². The number of rotatable bonds is 8. The first-order valence-corrected chi connectivity index (χ1v) is 9.93. The normalized spacial score (nSPS) is 18.9. The molecule has 0 atom stereocenters. The zero-order valence-electron chi connectivity index (χ0n) is 15.8. The lowest BCUT2D eigenvalue weighted by molar-refractivity contribution is -0.276. The number of ether oxygens (including phenoxy) is 3. The summed E-state index contributed by atoms with van der Waals surface area (Å²) in [6, 6.07) is 2.56. The maximum absolute atomic E-state index is 14.6. The van der Waals surface area contributed by atoms with Crippen molar-refractivity contribution in [3.8, 4) is 17.2 Å². The van der Waals surface area contributed by atoms with Gasteiger partial charge in [0.2, 0.25) is 11.6 Å². The van der Waals surface area contributed by atoms with Crippen molar-refractivity contribution < 1.29 is 31.8 Å². The van der Waals surface area contributed by atoms with Gasteiger partial charge in [-0.2, -0.15) is 4.39 Å². The maximum Gasteiger partial charge on any atom is 0.573 e. The van der Waals surface area contributed by atoms with Gasteiger partial charge in [0, 0.05) is 0 Å². The molecule has 2 aliphatic rings. The summed E-state index contributed by atoms with van der Waals surface area (Å²) >= 11 is 0. The third-order valence-corrected chi connectivity index (χ3v) is 5.34. The molecule has 7 heteroatoms. The van der Waals surface area contributed by atoms with Gasteiger partial charge in [0.25, 0.3) is 0 Å². The summed E-state index contributed by atoms with van der Waals surface area (Å²) in [4.78, 5) is 0. The van der Waals surface area contributed by atoms with E-state index in [4.69, 9.17) is 9.47 Å². The molecule has 2 saturated carbocycles. The van der Waals surface area contributed by atoms with Gasteiger partial charge in [0.1, 0.15) is 6.61 Å². The van der Waals surface area contributed by atoms with E-state index in [1.807, 2.05) is 6.08 Å². The van der Waals surface area contributed by atoms with E-state index in [-0.39, 0.29) is 30.6 Å². The van der Waals surface area contributed by atoms with Gasteiger partial charge in [0.15, 0.2) is 11.5 Å². The molecular weight excluding hydrogens is 376 g/mol. The first kappa shape index (κ1) is 20.8. The highest BCUT2D eigenvalue weighted by atomic mass is 19.4. The van der Waals surface area contributed by atoms with E-state index in [0.717, 1.165) is 38.5 Å². The molecule has 0 radical (unpaired) electrons. The minimum absolute atomic E-state index is 0.0845. The summed E-state index contributed by atoms with van der Waals surface area (Å²) in [6.07, 6.45) is 7.53. The Balaban J connectivity index is 1.66. The van der Waals surface area contributed by atoms with Crippen LogP contribution < -0.4 is 14.2 Å². The van der Waals surface area contributed by atoms with Gasteiger partial charge < -0.3 is 14.2 Å². The number of hydrogen-bond donors (Lipinski definition) is 0. The summed E-state index contributed by atoms with van der Waals surface area (Å²) in [5.41, 5.74) is 0. The lowest BCUT2D eigenvalue weighted by Crippen LogP contribution is -2.19. The minimum Gasteiger partial charge on any atom is -0.489 e. The SMILES string of the molecule is Fc1c(OC/C=C/C2CCCC2)ccc(OCC2CCCC2)c1OC(F)(F)F. The van der Waals surface area contributed by atoms with Crippen molar-refractivity contribution in [2.24, 2.45) is 11.8 Å². The van der Waals surface area contributed by atoms with Crippen LogP contribution in [0.5, 0.6) is 17.2 Å². The molecule has 0 amide bonds. The van der Waals surface area contributed by atoms with E-state index in [0.29, 0.717) is 5.92 Å². The zero-order valence-corrected chi connectivity index (χ0v) is 15.8. The quantitative estimate of drug-likeness (QED) is 0.371. The Labute approximate surface area is 162 Å². The Morgan fingerprint density at radius 3 is 2.25 bits per heavy atom. The topological polar surface area (TPSA) is 27.7 Å². The molecule has 0 saturated heterocycles. The zero-order chi connectivity index (χ0) is 20.0.